The van der Waals surface area contributed by atoms with E-state index < -0.39 is 42.3 Å². The third-order valence-corrected chi connectivity index (χ3v) is 6.39. The standard InChI is InChI=1S/C27H28Cl2F3N7O4/c1-15(33-24(41)43-26(2,3)4)22-34-21(35-39(22)19-7-5-6-18(29)12-19)14-38-25(42)37(13-20(40)27(30,31)32)23(36-38)16-8-10-17(28)11-9-16/h5-12,15,20,40H,13-14H2,1-4H3,(H,33,41)/t15-,20-/m0/s1. The lowest BCUT2D eigenvalue weighted by Gasteiger charge is -2.21. The van der Waals surface area contributed by atoms with E-state index >= 15 is 0 Å². The molecule has 1 amide bonds. The molecule has 2 heterocycles. The predicted octanol–water partition coefficient (Wildman–Crippen LogP) is 5.16. The van der Waals surface area contributed by atoms with Crippen LogP contribution in [-0.2, 0) is 17.8 Å². The summed E-state index contributed by atoms with van der Waals surface area (Å²) in [5.74, 6) is 0.180. The molecule has 0 bridgehead atoms. The number of rotatable bonds is 8. The molecule has 0 aliphatic carbocycles. The normalized spacial score (nSPS) is 13.5. The molecule has 0 fully saturated rings. The van der Waals surface area contributed by atoms with Gasteiger partial charge in [-0.2, -0.15) is 13.2 Å². The first-order valence-corrected chi connectivity index (χ1v) is 13.7. The number of benzene rings is 2. The summed E-state index contributed by atoms with van der Waals surface area (Å²) in [6, 6.07) is 11.9. The van der Waals surface area contributed by atoms with Crippen LogP contribution < -0.4 is 11.0 Å². The summed E-state index contributed by atoms with van der Waals surface area (Å²) in [7, 11) is 0. The Balaban J connectivity index is 1.75. The molecule has 0 spiro atoms. The highest BCUT2D eigenvalue weighted by atomic mass is 35.5. The number of nitrogens with zero attached hydrogens (tertiary/aromatic N) is 6. The van der Waals surface area contributed by atoms with Gasteiger partial charge in [-0.15, -0.1) is 10.2 Å². The van der Waals surface area contributed by atoms with E-state index in [2.05, 4.69) is 20.5 Å². The lowest BCUT2D eigenvalue weighted by atomic mass is 10.2. The largest absolute Gasteiger partial charge is 0.444 e. The second-order valence-corrected chi connectivity index (χ2v) is 11.5. The van der Waals surface area contributed by atoms with Gasteiger partial charge in [-0.05, 0) is 70.2 Å². The SMILES string of the molecule is C[C@H](NC(=O)OC(C)(C)C)c1nc(Cn2nc(-c3ccc(Cl)cc3)n(C[C@H](O)C(F)(F)F)c2=O)nn1-c1cccc(Cl)c1. The molecule has 43 heavy (non-hydrogen) atoms. The van der Waals surface area contributed by atoms with E-state index in [0.29, 0.717) is 21.3 Å². The van der Waals surface area contributed by atoms with Gasteiger partial charge in [-0.1, -0.05) is 29.3 Å². The van der Waals surface area contributed by atoms with Crippen LogP contribution in [0.25, 0.3) is 17.1 Å². The molecule has 0 unspecified atom stereocenters. The molecule has 230 valence electrons. The topological polar surface area (TPSA) is 129 Å². The van der Waals surface area contributed by atoms with Crippen molar-refractivity contribution in [2.75, 3.05) is 0 Å². The molecular formula is C27H28Cl2F3N7O4. The fourth-order valence-electron chi connectivity index (χ4n) is 3.99. The minimum atomic E-state index is -4.97. The Labute approximate surface area is 253 Å². The lowest BCUT2D eigenvalue weighted by Crippen LogP contribution is -2.37. The molecular weight excluding hydrogens is 614 g/mol. The summed E-state index contributed by atoms with van der Waals surface area (Å²) >= 11 is 12.1. The van der Waals surface area contributed by atoms with Crippen molar-refractivity contribution >= 4 is 29.3 Å². The molecule has 0 saturated carbocycles. The zero-order valence-electron chi connectivity index (χ0n) is 23.4. The second-order valence-electron chi connectivity index (χ2n) is 10.6. The number of nitrogens with one attached hydrogen (secondary N) is 1. The summed E-state index contributed by atoms with van der Waals surface area (Å²) < 4.78 is 48.0. The third-order valence-electron chi connectivity index (χ3n) is 5.90. The van der Waals surface area contributed by atoms with Crippen LogP contribution in [0.4, 0.5) is 18.0 Å². The third kappa shape index (κ3) is 7.94. The van der Waals surface area contributed by atoms with Gasteiger partial charge in [-0.3, -0.25) is 4.57 Å². The smallest absolute Gasteiger partial charge is 0.416 e. The van der Waals surface area contributed by atoms with Crippen molar-refractivity contribution in [1.29, 1.82) is 0 Å². The van der Waals surface area contributed by atoms with E-state index in [1.165, 1.54) is 28.9 Å². The molecule has 2 atom stereocenters. The van der Waals surface area contributed by atoms with Crippen LogP contribution in [0.3, 0.4) is 0 Å². The van der Waals surface area contributed by atoms with Crippen LogP contribution in [0.15, 0.2) is 53.3 Å². The average Bonchev–Trinajstić information content (AvgIpc) is 3.45. The van der Waals surface area contributed by atoms with E-state index in [1.54, 1.807) is 52.0 Å². The zero-order chi connectivity index (χ0) is 31.7. The van der Waals surface area contributed by atoms with Crippen molar-refractivity contribution in [3.63, 3.8) is 0 Å². The summed E-state index contributed by atoms with van der Waals surface area (Å²) in [4.78, 5) is 30.3. The minimum Gasteiger partial charge on any atom is -0.444 e. The average molecular weight is 642 g/mol. The highest BCUT2D eigenvalue weighted by molar-refractivity contribution is 6.31. The number of carbonyl (C=O) groups excluding carboxylic acids is 1. The Bertz CT molecular complexity index is 1660. The molecule has 0 saturated heterocycles. The number of carbonyl (C=O) groups is 1. The Morgan fingerprint density at radius 2 is 1.74 bits per heavy atom. The number of aromatic nitrogens is 6. The van der Waals surface area contributed by atoms with Gasteiger partial charge in [0.1, 0.15) is 12.1 Å². The summed E-state index contributed by atoms with van der Waals surface area (Å²) in [5, 5.41) is 21.9. The van der Waals surface area contributed by atoms with Gasteiger partial charge in [0, 0.05) is 15.6 Å². The number of alkyl carbamates (subject to hydrolysis) is 1. The first kappa shape index (κ1) is 32.0. The van der Waals surface area contributed by atoms with E-state index in [-0.39, 0.29) is 24.0 Å². The first-order chi connectivity index (χ1) is 20.0. The number of hydrogen-bond donors (Lipinski definition) is 2. The van der Waals surface area contributed by atoms with Crippen molar-refractivity contribution in [2.45, 2.75) is 64.7 Å². The van der Waals surface area contributed by atoms with Crippen LogP contribution >= 0.6 is 23.2 Å². The maximum atomic E-state index is 13.3. The van der Waals surface area contributed by atoms with Gasteiger partial charge in [0.15, 0.2) is 23.6 Å². The number of alkyl halides is 3. The van der Waals surface area contributed by atoms with Gasteiger partial charge < -0.3 is 15.2 Å². The molecule has 0 radical (unpaired) electrons. The predicted molar refractivity (Wildman–Crippen MR) is 152 cm³/mol. The maximum Gasteiger partial charge on any atom is 0.416 e. The van der Waals surface area contributed by atoms with Crippen molar-refractivity contribution in [3.05, 3.63) is 80.7 Å². The number of amides is 1. The highest BCUT2D eigenvalue weighted by Crippen LogP contribution is 2.25. The van der Waals surface area contributed by atoms with Crippen LogP contribution in [0, 0.1) is 0 Å². The number of hydrogen-bond acceptors (Lipinski definition) is 7. The van der Waals surface area contributed by atoms with E-state index in [9.17, 15) is 27.9 Å². The Kier molecular flexibility index (Phi) is 9.23. The van der Waals surface area contributed by atoms with Gasteiger partial charge >= 0.3 is 18.0 Å². The van der Waals surface area contributed by atoms with E-state index in [1.807, 2.05) is 0 Å². The highest BCUT2D eigenvalue weighted by Gasteiger charge is 2.39. The van der Waals surface area contributed by atoms with E-state index in [0.717, 1.165) is 9.25 Å². The molecule has 2 aromatic heterocycles. The number of aliphatic hydroxyl groups excluding tert-OH is 1. The number of aliphatic hydroxyl groups is 1. The quantitative estimate of drug-likeness (QED) is 0.272. The molecule has 4 rings (SSSR count). The van der Waals surface area contributed by atoms with Crippen molar-refractivity contribution < 1.29 is 27.8 Å². The maximum absolute atomic E-state index is 13.3. The second kappa shape index (κ2) is 12.4. The monoisotopic (exact) mass is 641 g/mol. The number of ether oxygens (including phenoxy) is 1. The van der Waals surface area contributed by atoms with Crippen molar-refractivity contribution in [3.8, 4) is 17.1 Å². The van der Waals surface area contributed by atoms with E-state index in [4.69, 9.17) is 27.9 Å². The molecule has 16 heteroatoms. The van der Waals surface area contributed by atoms with Crippen LogP contribution in [0.2, 0.25) is 10.0 Å². The van der Waals surface area contributed by atoms with Crippen molar-refractivity contribution in [2.24, 2.45) is 0 Å². The lowest BCUT2D eigenvalue weighted by molar-refractivity contribution is -0.207. The summed E-state index contributed by atoms with van der Waals surface area (Å²) in [6.45, 7) is 5.35. The van der Waals surface area contributed by atoms with Gasteiger partial charge in [0.2, 0.25) is 0 Å². The Morgan fingerprint density at radius 3 is 2.35 bits per heavy atom. The van der Waals surface area contributed by atoms with Gasteiger partial charge in [-0.25, -0.2) is 23.9 Å². The van der Waals surface area contributed by atoms with Crippen LogP contribution in [0.5, 0.6) is 0 Å². The van der Waals surface area contributed by atoms with Crippen LogP contribution in [0.1, 0.15) is 45.4 Å². The fraction of sp³-hybridized carbons (Fsp3) is 0.370. The zero-order valence-corrected chi connectivity index (χ0v) is 24.9. The number of halogens is 5. The van der Waals surface area contributed by atoms with Gasteiger partial charge in [0.25, 0.3) is 0 Å². The molecule has 11 nitrogen and oxygen atoms in total. The molecule has 4 aromatic rings. The Morgan fingerprint density at radius 1 is 1.07 bits per heavy atom. The Hall–Kier alpha value is -3.88. The molecule has 2 N–H and O–H groups in total. The van der Waals surface area contributed by atoms with Crippen molar-refractivity contribution in [1.82, 2.24) is 34.4 Å². The molecule has 0 aliphatic heterocycles. The first-order valence-electron chi connectivity index (χ1n) is 12.9. The molecule has 2 aromatic carbocycles. The summed E-state index contributed by atoms with van der Waals surface area (Å²) in [5.41, 5.74) is -0.902. The fourth-order valence-corrected chi connectivity index (χ4v) is 4.30. The van der Waals surface area contributed by atoms with Crippen LogP contribution in [-0.4, -0.2) is 58.2 Å². The van der Waals surface area contributed by atoms with Gasteiger partial charge in [0.05, 0.1) is 18.3 Å². The minimum absolute atomic E-state index is 0.0543. The molecule has 0 aliphatic rings. The summed E-state index contributed by atoms with van der Waals surface area (Å²) in [6.07, 6.45) is -8.49.